The van der Waals surface area contributed by atoms with Gasteiger partial charge >= 0.3 is 5.97 Å². The number of hydrogen-bond acceptors (Lipinski definition) is 21. The molecule has 0 aliphatic carbocycles. The Morgan fingerprint density at radius 1 is 0.595 bits per heavy atom. The minimum atomic E-state index is -5.34. The second-order valence-corrected chi connectivity index (χ2v) is 24.8. The van der Waals surface area contributed by atoms with Gasteiger partial charge in [-0.25, -0.2) is 33.7 Å². The van der Waals surface area contributed by atoms with Crippen molar-refractivity contribution in [1.82, 2.24) is 0 Å². The summed E-state index contributed by atoms with van der Waals surface area (Å²) in [7, 11) is -18.0. The van der Waals surface area contributed by atoms with Gasteiger partial charge in [-0.15, -0.1) is 0 Å². The molecule has 0 aromatic heterocycles. The largest absolute Gasteiger partial charge is 0.744 e. The summed E-state index contributed by atoms with van der Waals surface area (Å²) in [5.74, 6) is -0.977. The minimum absolute atomic E-state index is 0.00426. The summed E-state index contributed by atoms with van der Waals surface area (Å²) < 4.78 is 193. The third-order valence-electron chi connectivity index (χ3n) is 13.7. The molecule has 2 aliphatic rings. The van der Waals surface area contributed by atoms with E-state index in [-0.39, 0.29) is 99.4 Å². The monoisotopic (exact) mass is 1180 g/mol. The fraction of sp³-hybridized carbons (Fsp3) is 0.500. The topological polar surface area (TPSA) is 337 Å². The molecule has 27 heteroatoms. The van der Waals surface area contributed by atoms with Gasteiger partial charge in [-0.2, -0.15) is 4.58 Å². The number of nitrogens with zero attached hydrogens (tertiary/aromatic N) is 2. The lowest BCUT2D eigenvalue weighted by atomic mass is 9.76. The Hall–Kier alpha value is -4.82. The first-order valence-electron chi connectivity index (χ1n) is 25.1. The number of hydrogen-bond donors (Lipinski definition) is 1. The van der Waals surface area contributed by atoms with E-state index in [1.807, 2.05) is 11.5 Å². The normalized spacial score (nSPS) is 17.3. The number of aliphatic carboxylic acids is 1. The van der Waals surface area contributed by atoms with Gasteiger partial charge in [-0.1, -0.05) is 12.1 Å². The van der Waals surface area contributed by atoms with Crippen LogP contribution in [-0.2, 0) is 89.3 Å². The quantitative estimate of drug-likeness (QED) is 0.0386. The summed E-state index contributed by atoms with van der Waals surface area (Å²) in [4.78, 5) is 9.93. The third kappa shape index (κ3) is 15.4. The second-order valence-electron chi connectivity index (χ2n) is 19.3. The molecule has 0 bridgehead atoms. The Morgan fingerprint density at radius 3 is 1.65 bits per heavy atom. The Bertz CT molecular complexity index is 3430. The molecule has 23 nitrogen and oxygen atoms in total. The highest BCUT2D eigenvalue weighted by molar-refractivity contribution is 7.87. The van der Waals surface area contributed by atoms with E-state index in [0.29, 0.717) is 86.6 Å². The lowest BCUT2D eigenvalue weighted by Gasteiger charge is -2.31. The molecule has 1 atom stereocenters. The summed E-state index contributed by atoms with van der Waals surface area (Å²) in [6.07, 6.45) is 6.46. The Morgan fingerprint density at radius 2 is 1.10 bits per heavy atom. The highest BCUT2D eigenvalue weighted by Gasteiger charge is 2.47. The number of rotatable bonds is 33. The van der Waals surface area contributed by atoms with Gasteiger partial charge in [0.1, 0.15) is 47.0 Å². The number of benzene rings is 4. The van der Waals surface area contributed by atoms with Gasteiger partial charge in [-0.05, 0) is 104 Å². The highest BCUT2D eigenvalue weighted by Crippen LogP contribution is 2.54. The van der Waals surface area contributed by atoms with Crippen molar-refractivity contribution < 1.29 is 99.5 Å². The molecule has 0 fully saturated rings. The van der Waals surface area contributed by atoms with Gasteiger partial charge in [0.15, 0.2) is 5.71 Å². The van der Waals surface area contributed by atoms with Crippen molar-refractivity contribution in [2.75, 3.05) is 111 Å². The summed E-state index contributed by atoms with van der Waals surface area (Å²) in [5.41, 5.74) is 0.0264. The number of unbranched alkanes of at least 4 members (excludes halogenated alkanes) is 2. The smallest absolute Gasteiger partial charge is 0.303 e. The number of ether oxygens (including phenoxy) is 7. The highest BCUT2D eigenvalue weighted by atomic mass is 32.2. The van der Waals surface area contributed by atoms with E-state index in [1.54, 1.807) is 50.2 Å². The number of methoxy groups -OCH3 is 2. The molecule has 4 aromatic carbocycles. The number of carboxylic acids is 1. The van der Waals surface area contributed by atoms with Crippen LogP contribution in [0, 0.1) is 0 Å². The van der Waals surface area contributed by atoms with Crippen molar-refractivity contribution in [3.63, 3.8) is 0 Å². The van der Waals surface area contributed by atoms with E-state index in [0.717, 1.165) is 24.3 Å². The van der Waals surface area contributed by atoms with Crippen LogP contribution in [0.25, 0.3) is 21.5 Å². The minimum Gasteiger partial charge on any atom is -0.744 e. The number of allylic oxidation sites excluding steroid dienone is 4. The van der Waals surface area contributed by atoms with E-state index in [9.17, 15) is 61.8 Å². The zero-order chi connectivity index (χ0) is 58.0. The van der Waals surface area contributed by atoms with Crippen LogP contribution in [-0.4, -0.2) is 180 Å². The van der Waals surface area contributed by atoms with E-state index in [1.165, 1.54) is 19.2 Å². The molecule has 0 radical (unpaired) electrons. The summed E-state index contributed by atoms with van der Waals surface area (Å²) in [6, 6.07) is 8.82. The zero-order valence-corrected chi connectivity index (χ0v) is 47.7. The molecule has 2 aliphatic heterocycles. The number of carboxylic acid groups (broad SMARTS) is 1. The molecule has 79 heavy (non-hydrogen) atoms. The maximum absolute atomic E-state index is 13.1. The lowest BCUT2D eigenvalue weighted by Crippen LogP contribution is -2.32. The van der Waals surface area contributed by atoms with Gasteiger partial charge in [0, 0.05) is 80.1 Å². The molecule has 0 amide bonds. The first-order valence-corrected chi connectivity index (χ1v) is 30.8. The van der Waals surface area contributed by atoms with E-state index >= 15 is 0 Å². The number of anilines is 1. The average molecular weight is 1180 g/mol. The van der Waals surface area contributed by atoms with Crippen LogP contribution in [0.15, 0.2) is 92.0 Å². The van der Waals surface area contributed by atoms with Crippen molar-refractivity contribution in [2.45, 2.75) is 83.3 Å². The molecule has 2 heterocycles. The summed E-state index contributed by atoms with van der Waals surface area (Å²) in [5, 5.41) is 9.08. The Balaban J connectivity index is 1.53. The third-order valence-corrected chi connectivity index (χ3v) is 17.1. The number of carbonyl (C=O) groups is 1. The maximum Gasteiger partial charge on any atom is 0.303 e. The van der Waals surface area contributed by atoms with Crippen LogP contribution in [0.4, 0.5) is 11.4 Å². The maximum atomic E-state index is 13.1. The predicted octanol–water partition coefficient (Wildman–Crippen LogP) is 4.61. The van der Waals surface area contributed by atoms with Gasteiger partial charge in [0.25, 0.3) is 0 Å². The van der Waals surface area contributed by atoms with Gasteiger partial charge in [0.2, 0.25) is 5.69 Å². The van der Waals surface area contributed by atoms with Crippen LogP contribution >= 0.6 is 0 Å². The van der Waals surface area contributed by atoms with Crippen molar-refractivity contribution in [3.8, 4) is 0 Å². The molecule has 6 rings (SSSR count). The first-order chi connectivity index (χ1) is 37.2. The Labute approximate surface area is 460 Å². The molecule has 4 aromatic rings. The average Bonchev–Trinajstić information content (AvgIpc) is 3.01. The van der Waals surface area contributed by atoms with Gasteiger partial charge in [-0.3, -0.25) is 4.79 Å². The van der Waals surface area contributed by atoms with Gasteiger partial charge in [0.05, 0.1) is 97.7 Å². The molecule has 1 N–H and O–H groups in total. The van der Waals surface area contributed by atoms with Crippen LogP contribution in [0.1, 0.15) is 64.0 Å². The van der Waals surface area contributed by atoms with Crippen molar-refractivity contribution in [2.24, 2.45) is 0 Å². The predicted molar refractivity (Wildman–Crippen MR) is 283 cm³/mol. The van der Waals surface area contributed by atoms with E-state index < -0.39 is 76.9 Å². The van der Waals surface area contributed by atoms with Crippen LogP contribution < -0.4 is 4.90 Å². The lowest BCUT2D eigenvalue weighted by molar-refractivity contribution is -0.438. The fourth-order valence-electron chi connectivity index (χ4n) is 10.1. The SMILES string of the molecule is COCCOCCOCCOCCC1(C)C(=CC=CC2=[N+](CCCCCC(=O)O)c3ccc4c(S(=O)(=O)[O-])cc(S(=O)(=O)[O-])cc4c3C2(C)C)N(CCOCCOCCOC)c2cc(S(=O)(=O)[O-])c3ccc(S(=O)(=O)[O-])cc3c21. The summed E-state index contributed by atoms with van der Waals surface area (Å²) in [6.45, 7) is 8.42. The summed E-state index contributed by atoms with van der Waals surface area (Å²) >= 11 is 0. The van der Waals surface area contributed by atoms with Crippen LogP contribution in [0.2, 0.25) is 0 Å². The molecule has 0 saturated heterocycles. The first kappa shape index (κ1) is 63.4. The number of fused-ring (bicyclic) bond motifs is 6. The fourth-order valence-corrected chi connectivity index (χ4v) is 12.6. The van der Waals surface area contributed by atoms with E-state index in [2.05, 4.69) is 0 Å². The molecule has 436 valence electrons. The second kappa shape index (κ2) is 26.8. The van der Waals surface area contributed by atoms with Gasteiger partial charge < -0.3 is 61.4 Å². The standard InChI is InChI=1S/C52H68N2O21S4/c1-51(2)46(53(18-8-6-7-12-48(55)56)42-16-15-39-40(49(42)51)33-37(77(60,61)62)34-44(39)78(63,64)65)10-9-11-47-52(3,17-20-71-26-28-75-31-30-74-25-23-70-5)50-41-32-36(76(57,58)59)13-14-38(41)45(79(66,67)68)35-43(50)54(47)19-21-72-27-29-73-24-22-69-4/h9-11,13-16,32-35H,6-8,12,17-31H2,1-5H3,(H4-,55,56,57,58,59,60,61,62,63,64,65,66,67,68)/p-3. The van der Waals surface area contributed by atoms with E-state index in [4.69, 9.17) is 33.2 Å². The van der Waals surface area contributed by atoms with Crippen LogP contribution in [0.3, 0.4) is 0 Å². The molecule has 0 spiro atoms. The molecular formula is C52H65N2O21S4-3. The van der Waals surface area contributed by atoms with Crippen LogP contribution in [0.5, 0.6) is 0 Å². The zero-order valence-electron chi connectivity index (χ0n) is 44.4. The molecule has 0 saturated carbocycles. The van der Waals surface area contributed by atoms with Crippen molar-refractivity contribution in [1.29, 1.82) is 0 Å². The molecule has 1 unspecified atom stereocenters. The Kier molecular flexibility index (Phi) is 21.5. The van der Waals surface area contributed by atoms with Crippen molar-refractivity contribution >= 4 is 85.1 Å². The molecular weight excluding hydrogens is 1120 g/mol. The van der Waals surface area contributed by atoms with Crippen molar-refractivity contribution in [3.05, 3.63) is 83.6 Å².